The molecule has 1 fully saturated rings. The molecule has 8 rings (SSSR count). The average Bonchev–Trinajstić information content (AvgIpc) is 3.45. The zero-order chi connectivity index (χ0) is 32.2. The van der Waals surface area contributed by atoms with Crippen molar-refractivity contribution in [3.63, 3.8) is 0 Å². The van der Waals surface area contributed by atoms with E-state index in [1.807, 2.05) is 6.07 Å². The summed E-state index contributed by atoms with van der Waals surface area (Å²) in [4.78, 5) is 6.23. The minimum atomic E-state index is -0.823. The van der Waals surface area contributed by atoms with Gasteiger partial charge < -0.3 is 19.1 Å². The standard InChI is InChI=1S/C42H38N2O3/c1-5-41(6-2)35-25-30(43-3)17-18-31(35)38-33-26-36(44-21-23-46-24-22-44)37(45-4)27-34(33)40-32(39(38)41)19-20-42(47-40,28-13-9-7-10-14-28)29-15-11-8-12-16-29/h7-20,25-27H,5-6,21-24H2,1-2,4H3. The van der Waals surface area contributed by atoms with Gasteiger partial charge in [-0.1, -0.05) is 98.8 Å². The van der Waals surface area contributed by atoms with Gasteiger partial charge in [0.05, 0.1) is 32.6 Å². The van der Waals surface area contributed by atoms with Crippen LogP contribution in [0.15, 0.2) is 97.1 Å². The summed E-state index contributed by atoms with van der Waals surface area (Å²) >= 11 is 0. The number of hydrogen-bond acceptors (Lipinski definition) is 4. The first-order chi connectivity index (χ1) is 23.1. The lowest BCUT2D eigenvalue weighted by Crippen LogP contribution is -2.36. The lowest BCUT2D eigenvalue weighted by Gasteiger charge is -2.39. The van der Waals surface area contributed by atoms with Crippen molar-refractivity contribution in [3.05, 3.63) is 136 Å². The maximum absolute atomic E-state index is 7.85. The second-order valence-electron chi connectivity index (χ2n) is 12.7. The van der Waals surface area contributed by atoms with E-state index in [-0.39, 0.29) is 5.41 Å². The Morgan fingerprint density at radius 2 is 1.53 bits per heavy atom. The van der Waals surface area contributed by atoms with Crippen LogP contribution >= 0.6 is 0 Å². The lowest BCUT2D eigenvalue weighted by molar-refractivity contribution is 0.122. The summed E-state index contributed by atoms with van der Waals surface area (Å²) in [6.45, 7) is 15.4. The van der Waals surface area contributed by atoms with Gasteiger partial charge in [-0.3, -0.25) is 0 Å². The number of fused-ring (bicyclic) bond motifs is 8. The number of methoxy groups -OCH3 is 1. The number of benzene rings is 5. The van der Waals surface area contributed by atoms with Crippen LogP contribution in [-0.2, 0) is 15.8 Å². The Kier molecular flexibility index (Phi) is 7.08. The third-order valence-electron chi connectivity index (χ3n) is 10.7. The molecule has 0 N–H and O–H groups in total. The summed E-state index contributed by atoms with van der Waals surface area (Å²) in [7, 11) is 1.75. The Morgan fingerprint density at radius 3 is 2.15 bits per heavy atom. The van der Waals surface area contributed by atoms with Gasteiger partial charge in [0.2, 0.25) is 0 Å². The highest BCUT2D eigenvalue weighted by atomic mass is 16.5. The van der Waals surface area contributed by atoms with Crippen LogP contribution < -0.4 is 14.4 Å². The van der Waals surface area contributed by atoms with Crippen LogP contribution in [0.4, 0.5) is 11.4 Å². The molecule has 3 aliphatic rings. The maximum Gasteiger partial charge on any atom is 0.187 e. The Morgan fingerprint density at radius 1 is 0.851 bits per heavy atom. The molecule has 5 aromatic carbocycles. The van der Waals surface area contributed by atoms with Crippen molar-refractivity contribution >= 4 is 28.2 Å². The number of rotatable bonds is 6. The van der Waals surface area contributed by atoms with Gasteiger partial charge in [-0.25, -0.2) is 4.85 Å². The molecule has 0 bridgehead atoms. The summed E-state index contributed by atoms with van der Waals surface area (Å²) in [5.74, 6) is 1.69. The summed E-state index contributed by atoms with van der Waals surface area (Å²) < 4.78 is 19.4. The Balaban J connectivity index is 1.50. The van der Waals surface area contributed by atoms with E-state index in [1.165, 1.54) is 22.3 Å². The van der Waals surface area contributed by atoms with Gasteiger partial charge in [0.25, 0.3) is 0 Å². The van der Waals surface area contributed by atoms with Crippen LogP contribution in [-0.4, -0.2) is 33.4 Å². The van der Waals surface area contributed by atoms with Crippen molar-refractivity contribution in [3.8, 4) is 22.6 Å². The molecule has 0 aromatic heterocycles. The lowest BCUT2D eigenvalue weighted by atomic mass is 9.71. The van der Waals surface area contributed by atoms with Crippen molar-refractivity contribution < 1.29 is 14.2 Å². The predicted molar refractivity (Wildman–Crippen MR) is 190 cm³/mol. The minimum Gasteiger partial charge on any atom is -0.495 e. The first-order valence-corrected chi connectivity index (χ1v) is 16.6. The largest absolute Gasteiger partial charge is 0.495 e. The Bertz CT molecular complexity index is 2030. The van der Waals surface area contributed by atoms with E-state index in [0.717, 1.165) is 70.6 Å². The molecule has 2 heterocycles. The Hall–Kier alpha value is -5.05. The number of morpholine rings is 1. The maximum atomic E-state index is 7.85. The van der Waals surface area contributed by atoms with Crippen molar-refractivity contribution in [1.82, 2.24) is 0 Å². The van der Waals surface area contributed by atoms with Gasteiger partial charge in [0.1, 0.15) is 11.5 Å². The summed E-state index contributed by atoms with van der Waals surface area (Å²) in [6.07, 6.45) is 6.37. The summed E-state index contributed by atoms with van der Waals surface area (Å²) in [6, 6.07) is 31.8. The fraction of sp³-hybridized carbons (Fsp3) is 0.262. The molecule has 2 aliphatic heterocycles. The third kappa shape index (κ3) is 4.25. The van der Waals surface area contributed by atoms with E-state index in [2.05, 4.69) is 121 Å². The molecular weight excluding hydrogens is 580 g/mol. The zero-order valence-electron chi connectivity index (χ0n) is 27.2. The van der Waals surface area contributed by atoms with E-state index in [0.29, 0.717) is 18.9 Å². The van der Waals surface area contributed by atoms with Crippen molar-refractivity contribution in [2.45, 2.75) is 37.7 Å². The third-order valence-corrected chi connectivity index (χ3v) is 10.7. The SMILES string of the molecule is [C-]#[N+]c1ccc2c(c1)C(CC)(CC)c1c3c(c4cc(OC)c(N5CCOCC5)cc4c1-2)OC(c1ccccc1)(c1ccccc1)C=C3. The first-order valence-electron chi connectivity index (χ1n) is 16.6. The molecule has 0 spiro atoms. The zero-order valence-corrected chi connectivity index (χ0v) is 27.2. The first kappa shape index (κ1) is 29.4. The average molecular weight is 619 g/mol. The van der Waals surface area contributed by atoms with Crippen molar-refractivity contribution in [1.29, 1.82) is 0 Å². The van der Waals surface area contributed by atoms with Gasteiger partial charge in [-0.05, 0) is 58.7 Å². The van der Waals surface area contributed by atoms with Gasteiger partial charge in [0.15, 0.2) is 11.3 Å². The molecule has 1 aliphatic carbocycles. The van der Waals surface area contributed by atoms with E-state index in [9.17, 15) is 0 Å². The fourth-order valence-electron chi connectivity index (χ4n) is 8.33. The van der Waals surface area contributed by atoms with Crippen LogP contribution in [0.5, 0.6) is 11.5 Å². The molecule has 234 valence electrons. The number of ether oxygens (including phenoxy) is 3. The molecule has 1 saturated heterocycles. The number of nitrogens with zero attached hydrogens (tertiary/aromatic N) is 2. The highest BCUT2D eigenvalue weighted by Crippen LogP contribution is 2.61. The van der Waals surface area contributed by atoms with Crippen LogP contribution in [0.3, 0.4) is 0 Å². The predicted octanol–water partition coefficient (Wildman–Crippen LogP) is 9.67. The molecule has 0 amide bonds. The summed E-state index contributed by atoms with van der Waals surface area (Å²) in [5, 5.41) is 2.17. The number of hydrogen-bond donors (Lipinski definition) is 0. The van der Waals surface area contributed by atoms with E-state index >= 15 is 0 Å². The smallest absolute Gasteiger partial charge is 0.187 e. The molecule has 47 heavy (non-hydrogen) atoms. The molecule has 5 aromatic rings. The molecule has 0 atom stereocenters. The molecule has 5 nitrogen and oxygen atoms in total. The van der Waals surface area contributed by atoms with E-state index in [4.69, 9.17) is 20.8 Å². The Labute approximate surface area is 276 Å². The quantitative estimate of drug-likeness (QED) is 0.178. The highest BCUT2D eigenvalue weighted by Gasteiger charge is 2.47. The molecule has 0 saturated carbocycles. The van der Waals surface area contributed by atoms with Crippen LogP contribution in [0.2, 0.25) is 0 Å². The van der Waals surface area contributed by atoms with Gasteiger partial charge in [-0.2, -0.15) is 0 Å². The van der Waals surface area contributed by atoms with Crippen LogP contribution in [0, 0.1) is 6.57 Å². The molecule has 0 radical (unpaired) electrons. The van der Waals surface area contributed by atoms with Crippen LogP contribution in [0.1, 0.15) is 54.5 Å². The van der Waals surface area contributed by atoms with Gasteiger partial charge in [0, 0.05) is 40.6 Å². The van der Waals surface area contributed by atoms with E-state index < -0.39 is 5.60 Å². The van der Waals surface area contributed by atoms with Crippen molar-refractivity contribution in [2.75, 3.05) is 38.3 Å². The van der Waals surface area contributed by atoms with E-state index in [1.54, 1.807) is 7.11 Å². The highest BCUT2D eigenvalue weighted by molar-refractivity contribution is 6.10. The molecule has 5 heteroatoms. The minimum absolute atomic E-state index is 0.268. The van der Waals surface area contributed by atoms with Crippen LogP contribution in [0.25, 0.3) is 32.8 Å². The van der Waals surface area contributed by atoms with Gasteiger partial charge in [-0.15, -0.1) is 0 Å². The number of anilines is 1. The second-order valence-corrected chi connectivity index (χ2v) is 12.7. The molecular formula is C42H38N2O3. The topological polar surface area (TPSA) is 35.3 Å². The summed E-state index contributed by atoms with van der Waals surface area (Å²) in [5.41, 5.74) is 8.89. The van der Waals surface area contributed by atoms with Crippen molar-refractivity contribution in [2.24, 2.45) is 0 Å². The monoisotopic (exact) mass is 618 g/mol. The van der Waals surface area contributed by atoms with Gasteiger partial charge >= 0.3 is 0 Å². The second kappa shape index (κ2) is 11.3. The molecule has 0 unspecified atom stereocenters. The normalized spacial score (nSPS) is 16.9. The fourth-order valence-corrected chi connectivity index (χ4v) is 8.33.